The lowest BCUT2D eigenvalue weighted by atomic mass is 9.49. The summed E-state index contributed by atoms with van der Waals surface area (Å²) in [6, 6.07) is 7.35. The van der Waals surface area contributed by atoms with E-state index in [9.17, 15) is 0 Å². The van der Waals surface area contributed by atoms with Crippen molar-refractivity contribution in [1.29, 1.82) is 0 Å². The zero-order valence-electron chi connectivity index (χ0n) is 13.8. The van der Waals surface area contributed by atoms with Crippen LogP contribution in [-0.4, -0.2) is 0 Å². The summed E-state index contributed by atoms with van der Waals surface area (Å²) >= 11 is 0. The van der Waals surface area contributed by atoms with E-state index >= 15 is 0 Å². The second kappa shape index (κ2) is 4.90. The number of hydrogen-bond donors (Lipinski definition) is 0. The summed E-state index contributed by atoms with van der Waals surface area (Å²) in [5, 5.41) is 0. The molecular formula is C20H30. The number of fused-ring (bicyclic) bond motifs is 3. The first-order valence-electron chi connectivity index (χ1n) is 8.66. The highest BCUT2D eigenvalue weighted by Crippen LogP contribution is 2.58. The van der Waals surface area contributed by atoms with Crippen molar-refractivity contribution in [3.05, 3.63) is 34.9 Å². The minimum Gasteiger partial charge on any atom is -0.0649 e. The minimum absolute atomic E-state index is 0.433. The molecule has 0 amide bonds. The van der Waals surface area contributed by atoms with Gasteiger partial charge in [-0.25, -0.2) is 0 Å². The molecule has 0 spiro atoms. The third-order valence-electron chi connectivity index (χ3n) is 6.76. The van der Waals surface area contributed by atoms with Crippen LogP contribution in [0.5, 0.6) is 0 Å². The van der Waals surface area contributed by atoms with Crippen LogP contribution in [0.4, 0.5) is 0 Å². The van der Waals surface area contributed by atoms with Crippen LogP contribution >= 0.6 is 0 Å². The van der Waals surface area contributed by atoms with Gasteiger partial charge in [0.2, 0.25) is 0 Å². The van der Waals surface area contributed by atoms with Gasteiger partial charge >= 0.3 is 0 Å². The van der Waals surface area contributed by atoms with Crippen LogP contribution < -0.4 is 0 Å². The van der Waals surface area contributed by atoms with Gasteiger partial charge in [-0.05, 0) is 65.5 Å². The van der Waals surface area contributed by atoms with Crippen molar-refractivity contribution in [2.24, 2.45) is 11.3 Å². The summed E-state index contributed by atoms with van der Waals surface area (Å²) in [6.45, 7) is 9.79. The molecule has 0 heterocycles. The first kappa shape index (κ1) is 14.2. The fourth-order valence-corrected chi connectivity index (χ4v) is 5.32. The van der Waals surface area contributed by atoms with Gasteiger partial charge in [-0.1, -0.05) is 58.7 Å². The van der Waals surface area contributed by atoms with Gasteiger partial charge in [0, 0.05) is 0 Å². The van der Waals surface area contributed by atoms with Gasteiger partial charge in [0.15, 0.2) is 0 Å². The van der Waals surface area contributed by atoms with Crippen LogP contribution in [-0.2, 0) is 18.3 Å². The molecule has 20 heavy (non-hydrogen) atoms. The Hall–Kier alpha value is -0.780. The lowest BCUT2D eigenvalue weighted by Gasteiger charge is -2.55. The summed E-state index contributed by atoms with van der Waals surface area (Å²) in [5.41, 5.74) is 5.85. The van der Waals surface area contributed by atoms with Crippen molar-refractivity contribution >= 4 is 0 Å². The predicted octanol–water partition coefficient (Wildman–Crippen LogP) is 5.67. The highest BCUT2D eigenvalue weighted by molar-refractivity contribution is 5.41. The third-order valence-corrected chi connectivity index (χ3v) is 6.76. The van der Waals surface area contributed by atoms with Crippen LogP contribution in [0.3, 0.4) is 0 Å². The first-order valence-corrected chi connectivity index (χ1v) is 8.66. The van der Waals surface area contributed by atoms with Gasteiger partial charge in [-0.3, -0.25) is 0 Å². The molecule has 1 saturated carbocycles. The van der Waals surface area contributed by atoms with Crippen molar-refractivity contribution < 1.29 is 0 Å². The maximum absolute atomic E-state index is 2.56. The Kier molecular flexibility index (Phi) is 3.47. The van der Waals surface area contributed by atoms with Gasteiger partial charge < -0.3 is 0 Å². The number of rotatable bonds is 2. The summed E-state index contributed by atoms with van der Waals surface area (Å²) in [5.74, 6) is 0.883. The number of benzene rings is 1. The van der Waals surface area contributed by atoms with E-state index in [0.717, 1.165) is 5.92 Å². The molecular weight excluding hydrogens is 240 g/mol. The molecule has 0 radical (unpaired) electrons. The topological polar surface area (TPSA) is 0 Å². The predicted molar refractivity (Wildman–Crippen MR) is 87.2 cm³/mol. The highest BCUT2D eigenvalue weighted by Gasteiger charge is 2.50. The van der Waals surface area contributed by atoms with E-state index in [-0.39, 0.29) is 0 Å². The van der Waals surface area contributed by atoms with E-state index in [1.165, 1.54) is 50.5 Å². The molecule has 1 unspecified atom stereocenters. The van der Waals surface area contributed by atoms with Gasteiger partial charge in [-0.15, -0.1) is 0 Å². The monoisotopic (exact) mass is 270 g/mol. The van der Waals surface area contributed by atoms with Crippen molar-refractivity contribution in [1.82, 2.24) is 0 Å². The molecule has 3 rings (SSSR count). The van der Waals surface area contributed by atoms with E-state index in [1.807, 2.05) is 0 Å². The Morgan fingerprint density at radius 2 is 1.95 bits per heavy atom. The van der Waals surface area contributed by atoms with Crippen LogP contribution in [0, 0.1) is 11.3 Å². The van der Waals surface area contributed by atoms with E-state index in [4.69, 9.17) is 0 Å². The molecule has 2 aliphatic rings. The number of aryl methyl sites for hydroxylation is 2. The highest BCUT2D eigenvalue weighted by atomic mass is 14.5. The molecule has 0 nitrogen and oxygen atoms in total. The van der Waals surface area contributed by atoms with Crippen LogP contribution in [0.25, 0.3) is 0 Å². The quantitative estimate of drug-likeness (QED) is 0.649. The van der Waals surface area contributed by atoms with Gasteiger partial charge in [0.1, 0.15) is 0 Å². The lowest BCUT2D eigenvalue weighted by molar-refractivity contribution is 0.0226. The fourth-order valence-electron chi connectivity index (χ4n) is 5.32. The van der Waals surface area contributed by atoms with E-state index in [1.54, 1.807) is 11.1 Å². The molecule has 0 bridgehead atoms. The molecule has 2 aliphatic carbocycles. The largest absolute Gasteiger partial charge is 0.0649 e. The molecule has 1 aromatic carbocycles. The third kappa shape index (κ3) is 1.95. The molecule has 1 aromatic rings. The van der Waals surface area contributed by atoms with E-state index in [2.05, 4.69) is 45.9 Å². The lowest BCUT2D eigenvalue weighted by Crippen LogP contribution is -2.48. The van der Waals surface area contributed by atoms with Gasteiger partial charge in [-0.2, -0.15) is 0 Å². The molecule has 0 N–H and O–H groups in total. The Bertz CT molecular complexity index is 501. The molecule has 0 aromatic heterocycles. The Morgan fingerprint density at radius 3 is 2.65 bits per heavy atom. The Morgan fingerprint density at radius 1 is 1.15 bits per heavy atom. The summed E-state index contributed by atoms with van der Waals surface area (Å²) in [6.07, 6.45) is 9.46. The minimum atomic E-state index is 0.433. The van der Waals surface area contributed by atoms with Gasteiger partial charge in [0.05, 0.1) is 0 Å². The van der Waals surface area contributed by atoms with Crippen molar-refractivity contribution in [2.45, 2.75) is 78.1 Å². The van der Waals surface area contributed by atoms with Crippen LogP contribution in [0.1, 0.15) is 76.5 Å². The maximum Gasteiger partial charge on any atom is -0.00390 e. The van der Waals surface area contributed by atoms with Crippen molar-refractivity contribution in [3.8, 4) is 0 Å². The average Bonchev–Trinajstić information content (AvgIpc) is 2.46. The zero-order valence-corrected chi connectivity index (χ0v) is 13.8. The Labute approximate surface area is 125 Å². The normalized spacial score (nSPS) is 36.3. The summed E-state index contributed by atoms with van der Waals surface area (Å²) in [4.78, 5) is 0. The second-order valence-electron chi connectivity index (χ2n) is 7.71. The summed E-state index contributed by atoms with van der Waals surface area (Å²) in [7, 11) is 0. The second-order valence-corrected chi connectivity index (χ2v) is 7.71. The SMILES string of the molecule is CCc1ccc2c(c1)CC[C@@H]1C2(C)CCC[C@@]1(C)CC. The fraction of sp³-hybridized carbons (Fsp3) is 0.700. The number of hydrogen-bond acceptors (Lipinski definition) is 0. The Balaban J connectivity index is 2.06. The molecule has 0 saturated heterocycles. The molecule has 0 aliphatic heterocycles. The van der Waals surface area contributed by atoms with Crippen molar-refractivity contribution in [2.75, 3.05) is 0 Å². The zero-order chi connectivity index (χ0) is 14.4. The first-order chi connectivity index (χ1) is 9.53. The van der Waals surface area contributed by atoms with Crippen LogP contribution in [0.2, 0.25) is 0 Å². The molecule has 1 fully saturated rings. The average molecular weight is 270 g/mol. The standard InChI is InChI=1S/C20H30/c1-5-15-8-10-17-16(14-15)9-11-18-19(3,6-2)12-7-13-20(17,18)4/h8,10,14,18H,5-7,9,11-13H2,1-4H3/t18-,19+,20?/m0/s1. The summed E-state index contributed by atoms with van der Waals surface area (Å²) < 4.78 is 0. The van der Waals surface area contributed by atoms with Gasteiger partial charge in [0.25, 0.3) is 0 Å². The molecule has 0 heteroatoms. The van der Waals surface area contributed by atoms with Crippen LogP contribution in [0.15, 0.2) is 18.2 Å². The molecule has 3 atom stereocenters. The van der Waals surface area contributed by atoms with E-state index in [0.29, 0.717) is 10.8 Å². The maximum atomic E-state index is 2.56. The molecule has 110 valence electrons. The van der Waals surface area contributed by atoms with Crippen molar-refractivity contribution in [3.63, 3.8) is 0 Å². The van der Waals surface area contributed by atoms with E-state index < -0.39 is 0 Å². The smallest absolute Gasteiger partial charge is 0.00390 e.